The minimum Gasteiger partial charge on any atom is -0.493 e. The van der Waals surface area contributed by atoms with Gasteiger partial charge in [0.2, 0.25) is 0 Å². The van der Waals surface area contributed by atoms with Gasteiger partial charge in [-0.1, -0.05) is 82.1 Å². The van der Waals surface area contributed by atoms with Crippen molar-refractivity contribution in [2.45, 2.75) is 65.2 Å². The van der Waals surface area contributed by atoms with Crippen molar-refractivity contribution in [1.82, 2.24) is 0 Å². The first-order valence-corrected chi connectivity index (χ1v) is 22.0. The highest BCUT2D eigenvalue weighted by atomic mass is 16.5. The second-order valence-corrected chi connectivity index (χ2v) is 15.7. The van der Waals surface area contributed by atoms with Gasteiger partial charge in [-0.3, -0.25) is 0 Å². The van der Waals surface area contributed by atoms with Crippen LogP contribution in [-0.2, 0) is 0 Å². The maximum Gasteiger partial charge on any atom is 0.335 e. The largest absolute Gasteiger partial charge is 0.493 e. The summed E-state index contributed by atoms with van der Waals surface area (Å²) >= 11 is 0. The van der Waals surface area contributed by atoms with Crippen molar-refractivity contribution in [1.29, 1.82) is 0 Å². The van der Waals surface area contributed by atoms with Crippen LogP contribution in [0.3, 0.4) is 0 Å². The molecule has 9 nitrogen and oxygen atoms in total. The quantitative estimate of drug-likeness (QED) is 0.0948. The molecule has 5 heterocycles. The van der Waals surface area contributed by atoms with Crippen LogP contribution < -0.4 is 15.2 Å². The summed E-state index contributed by atoms with van der Waals surface area (Å²) in [5.41, 5.74) is 16.4. The third-order valence-corrected chi connectivity index (χ3v) is 10.8. The first kappa shape index (κ1) is 42.9. The van der Waals surface area contributed by atoms with Gasteiger partial charge in [0.15, 0.2) is 0 Å². The zero-order chi connectivity index (χ0) is 44.3. The van der Waals surface area contributed by atoms with Gasteiger partial charge in [0.25, 0.3) is 0 Å². The van der Waals surface area contributed by atoms with E-state index in [0.717, 1.165) is 68.1 Å². The topological polar surface area (TPSA) is 131 Å². The van der Waals surface area contributed by atoms with Gasteiger partial charge in [0.1, 0.15) is 11.5 Å². The first-order valence-electron chi connectivity index (χ1n) is 22.0. The minimum atomic E-state index is -1.00. The maximum atomic E-state index is 11.7. The molecule has 0 aliphatic carbocycles. The van der Waals surface area contributed by atoms with Crippen LogP contribution in [0.25, 0.3) is 5.57 Å². The van der Waals surface area contributed by atoms with E-state index in [0.29, 0.717) is 92.7 Å². The second-order valence-electron chi connectivity index (χ2n) is 15.7. The molecule has 0 amide bonds. The molecule has 0 saturated carbocycles. The molecular formula is C55H49N5O4. The van der Waals surface area contributed by atoms with Gasteiger partial charge < -0.3 is 20.3 Å². The molecule has 0 aromatic heterocycles. The van der Waals surface area contributed by atoms with Crippen LogP contribution >= 0.6 is 0 Å². The van der Waals surface area contributed by atoms with E-state index >= 15 is 0 Å². The van der Waals surface area contributed by atoms with E-state index < -0.39 is 5.97 Å². The first-order chi connectivity index (χ1) is 31.3. The summed E-state index contributed by atoms with van der Waals surface area (Å²) in [7, 11) is 0. The van der Waals surface area contributed by atoms with E-state index in [2.05, 4.69) is 37.5 Å². The molecular weight excluding hydrogens is 795 g/mol. The van der Waals surface area contributed by atoms with E-state index in [-0.39, 0.29) is 5.56 Å². The summed E-state index contributed by atoms with van der Waals surface area (Å²) in [6.07, 6.45) is 26.1. The number of benzene rings is 3. The van der Waals surface area contributed by atoms with Crippen molar-refractivity contribution in [3.63, 3.8) is 0 Å². The Kier molecular flexibility index (Phi) is 13.7. The lowest BCUT2D eigenvalue weighted by atomic mass is 9.93. The van der Waals surface area contributed by atoms with Crippen molar-refractivity contribution in [3.05, 3.63) is 178 Å². The summed E-state index contributed by atoms with van der Waals surface area (Å²) in [4.78, 5) is 32.1. The number of aliphatic imine (C=N–C) groups is 4. The van der Waals surface area contributed by atoms with Gasteiger partial charge in [-0.05, 0) is 128 Å². The fourth-order valence-corrected chi connectivity index (χ4v) is 7.46. The number of carboxylic acids is 1. The van der Waals surface area contributed by atoms with E-state index in [4.69, 9.17) is 35.2 Å². The summed E-state index contributed by atoms with van der Waals surface area (Å²) < 4.78 is 13.3. The second kappa shape index (κ2) is 20.4. The van der Waals surface area contributed by atoms with E-state index in [9.17, 15) is 9.90 Å². The van der Waals surface area contributed by atoms with Crippen molar-refractivity contribution in [2.24, 2.45) is 20.0 Å². The number of aromatic carboxylic acids is 1. The van der Waals surface area contributed by atoms with E-state index in [1.165, 1.54) is 0 Å². The molecule has 0 atom stereocenters. The standard InChI is InChI=1S/C55H49N5O4/c1-3-5-7-9-32-63-51-12-11-13-52(64-33-10-8-6-4-2)53(51)47-36-44-35-43-25-30-49(58-43)45(27-18-38-16-22-40(56)23-17-38)48-29-24-41(57-48)34-42-26-31-50(59-42)46(54(47)60-44)28-19-37-14-20-39(21-15-37)55(61)62/h11-17,20-26,29-31,34-36H,3-10,32-33,56H2,1-2H3,(H,61,62). The number of rotatable bonds is 14. The molecule has 8 bridgehead atoms. The van der Waals surface area contributed by atoms with Crippen LogP contribution in [0.2, 0.25) is 0 Å². The Balaban J connectivity index is 1.30. The van der Waals surface area contributed by atoms with Crippen LogP contribution in [0.4, 0.5) is 5.69 Å². The summed E-state index contributed by atoms with van der Waals surface area (Å²) in [6, 6.07) is 19.9. The predicted octanol–water partition coefficient (Wildman–Crippen LogP) is 11.1. The lowest BCUT2D eigenvalue weighted by Gasteiger charge is -2.18. The molecule has 0 saturated heterocycles. The van der Waals surface area contributed by atoms with Crippen molar-refractivity contribution in [2.75, 3.05) is 18.9 Å². The predicted molar refractivity (Wildman–Crippen MR) is 259 cm³/mol. The summed E-state index contributed by atoms with van der Waals surface area (Å²) in [6.45, 7) is 5.51. The number of fused-ring (bicyclic) bond motifs is 4. The van der Waals surface area contributed by atoms with Gasteiger partial charge in [-0.15, -0.1) is 0 Å². The van der Waals surface area contributed by atoms with Gasteiger partial charge in [0.05, 0.1) is 81.1 Å². The Labute approximate surface area is 375 Å². The number of nitrogen functional groups attached to an aromatic ring is 1. The number of hydrogen-bond acceptors (Lipinski definition) is 8. The van der Waals surface area contributed by atoms with Gasteiger partial charge >= 0.3 is 5.97 Å². The SMILES string of the molecule is CCCCCCOc1cccc(OCCCCCC)c1C1=CC2=CC3=NC(=C(C#Cc4ccc(N)cc4)C4=NC(=CC5=NC(=C(C#Cc6ccc(C(=O)O)cc6)C1=N2)C=C5)C=C4)C=C3. The van der Waals surface area contributed by atoms with Crippen LogP contribution in [0, 0.1) is 23.7 Å². The van der Waals surface area contributed by atoms with Crippen molar-refractivity contribution < 1.29 is 19.4 Å². The number of nitrogens with two attached hydrogens (primary N) is 1. The Morgan fingerprint density at radius 2 is 1.17 bits per heavy atom. The molecule has 8 rings (SSSR count). The molecule has 318 valence electrons. The molecule has 0 radical (unpaired) electrons. The molecule has 0 unspecified atom stereocenters. The van der Waals surface area contributed by atoms with Crippen LogP contribution in [0.5, 0.6) is 11.5 Å². The number of unbranched alkanes of at least 4 members (excludes halogenated alkanes) is 6. The van der Waals surface area contributed by atoms with Crippen LogP contribution in [0.15, 0.2) is 175 Å². The van der Waals surface area contributed by atoms with Gasteiger partial charge in [0, 0.05) is 22.4 Å². The zero-order valence-corrected chi connectivity index (χ0v) is 36.2. The van der Waals surface area contributed by atoms with E-state index in [1.54, 1.807) is 24.3 Å². The molecule has 3 aromatic rings. The highest BCUT2D eigenvalue weighted by Crippen LogP contribution is 2.42. The number of hydrogen-bond donors (Lipinski definition) is 2. The number of anilines is 1. The van der Waals surface area contributed by atoms with Crippen LogP contribution in [0.1, 0.15) is 92.3 Å². The highest BCUT2D eigenvalue weighted by molar-refractivity contribution is 6.37. The molecule has 64 heavy (non-hydrogen) atoms. The molecule has 0 spiro atoms. The Hall–Kier alpha value is -7.75. The Morgan fingerprint density at radius 1 is 0.594 bits per heavy atom. The average molecular weight is 844 g/mol. The molecule has 3 N–H and O–H groups in total. The molecule has 9 heteroatoms. The molecule has 0 fully saturated rings. The third kappa shape index (κ3) is 10.5. The lowest BCUT2D eigenvalue weighted by molar-refractivity contribution is 0.0697. The minimum absolute atomic E-state index is 0.182. The number of ether oxygens (including phenoxy) is 2. The van der Waals surface area contributed by atoms with Gasteiger partial charge in [-0.25, -0.2) is 24.8 Å². The monoisotopic (exact) mass is 843 g/mol. The number of allylic oxidation sites excluding steroid dienone is 12. The lowest BCUT2D eigenvalue weighted by Crippen LogP contribution is -2.10. The van der Waals surface area contributed by atoms with Crippen molar-refractivity contribution >= 4 is 40.1 Å². The smallest absolute Gasteiger partial charge is 0.335 e. The number of carboxylic acid groups (broad SMARTS) is 1. The van der Waals surface area contributed by atoms with E-state index in [1.807, 2.05) is 97.1 Å². The average Bonchev–Trinajstić information content (AvgIpc) is 4.14. The Morgan fingerprint density at radius 3 is 1.78 bits per heavy atom. The van der Waals surface area contributed by atoms with Crippen LogP contribution in [-0.4, -0.2) is 47.1 Å². The fraction of sp³-hybridized carbons (Fsp3) is 0.218. The number of nitrogens with zero attached hydrogens (tertiary/aromatic N) is 4. The Bertz CT molecular complexity index is 2830. The third-order valence-electron chi connectivity index (χ3n) is 10.8. The van der Waals surface area contributed by atoms with Crippen molar-refractivity contribution in [3.8, 4) is 35.2 Å². The normalized spacial score (nSPS) is 15.6. The summed E-state index contributed by atoms with van der Waals surface area (Å²) in [5, 5.41) is 9.55. The molecule has 5 aliphatic heterocycles. The molecule has 3 aromatic carbocycles. The zero-order valence-electron chi connectivity index (χ0n) is 36.2. The van der Waals surface area contributed by atoms with Gasteiger partial charge in [-0.2, -0.15) is 0 Å². The summed E-state index contributed by atoms with van der Waals surface area (Å²) in [5.74, 6) is 13.7. The highest BCUT2D eigenvalue weighted by Gasteiger charge is 2.29. The maximum absolute atomic E-state index is 11.7. The molecule has 5 aliphatic rings. The number of carbonyl (C=O) groups is 1. The fourth-order valence-electron chi connectivity index (χ4n) is 7.46.